The van der Waals surface area contributed by atoms with Crippen molar-refractivity contribution in [3.8, 4) is 0 Å². The molecule has 4 unspecified atom stereocenters. The third-order valence-electron chi connectivity index (χ3n) is 12.0. The van der Waals surface area contributed by atoms with Gasteiger partial charge in [0.25, 0.3) is 0 Å². The Bertz CT molecular complexity index is 999. The van der Waals surface area contributed by atoms with Crippen molar-refractivity contribution in [3.05, 3.63) is 11.6 Å². The van der Waals surface area contributed by atoms with Crippen molar-refractivity contribution in [2.24, 2.45) is 46.3 Å². The van der Waals surface area contributed by atoms with E-state index in [0.29, 0.717) is 11.3 Å². The second-order valence-electron chi connectivity index (χ2n) is 15.0. The summed E-state index contributed by atoms with van der Waals surface area (Å²) in [6, 6.07) is 0. The summed E-state index contributed by atoms with van der Waals surface area (Å²) >= 11 is 0. The lowest BCUT2D eigenvalue weighted by Gasteiger charge is -2.58. The summed E-state index contributed by atoms with van der Waals surface area (Å²) in [6.45, 7) is 12.0. The minimum atomic E-state index is -2.27. The van der Waals surface area contributed by atoms with Gasteiger partial charge in [0.15, 0.2) is 12.4 Å². The molecule has 4 aliphatic rings. The van der Waals surface area contributed by atoms with E-state index in [2.05, 4.69) is 46.0 Å². The molecule has 0 aliphatic heterocycles. The molecule has 0 saturated heterocycles. The lowest BCUT2D eigenvalue weighted by Crippen LogP contribution is -2.51. The molecule has 0 aromatic rings. The van der Waals surface area contributed by atoms with E-state index in [0.717, 1.165) is 55.3 Å². The maximum Gasteiger partial charge on any atom is 0.407 e. The molecule has 4 aliphatic carbocycles. The van der Waals surface area contributed by atoms with E-state index in [1.807, 2.05) is 0 Å². The molecule has 246 valence electrons. The van der Waals surface area contributed by atoms with Crippen LogP contribution in [0.15, 0.2) is 11.6 Å². The molecule has 3 saturated carbocycles. The van der Waals surface area contributed by atoms with Crippen LogP contribution in [0.2, 0.25) is 0 Å². The second kappa shape index (κ2) is 14.2. The zero-order valence-corrected chi connectivity index (χ0v) is 27.0. The van der Waals surface area contributed by atoms with E-state index in [9.17, 15) is 19.8 Å². The summed E-state index contributed by atoms with van der Waals surface area (Å²) < 4.78 is 10.5. The molecule has 4 rings (SSSR count). The van der Waals surface area contributed by atoms with Gasteiger partial charge in [-0.2, -0.15) is 0 Å². The van der Waals surface area contributed by atoms with E-state index >= 15 is 0 Å². The Kier molecular flexibility index (Phi) is 11.3. The van der Waals surface area contributed by atoms with Crippen LogP contribution in [-0.4, -0.2) is 70.2 Å². The predicted octanol–water partition coefficient (Wildman–Crippen LogP) is 4.70. The maximum absolute atomic E-state index is 12.5. The molecule has 5 N–H and O–H groups in total. The fraction of sp³-hybridized carbons (Fsp3) is 0.882. The van der Waals surface area contributed by atoms with E-state index < -0.39 is 30.6 Å². The number of fused-ring (bicyclic) bond motifs is 5. The van der Waals surface area contributed by atoms with Crippen molar-refractivity contribution in [2.45, 2.75) is 130 Å². The Morgan fingerprint density at radius 1 is 1.00 bits per heavy atom. The second-order valence-corrected chi connectivity index (χ2v) is 15.0. The first-order valence-corrected chi connectivity index (χ1v) is 16.8. The molecule has 0 aromatic heterocycles. The number of amides is 1. The quantitative estimate of drug-likeness (QED) is 0.0929. The van der Waals surface area contributed by atoms with Crippen molar-refractivity contribution in [2.75, 3.05) is 13.2 Å². The van der Waals surface area contributed by atoms with E-state index in [4.69, 9.17) is 19.7 Å². The average Bonchev–Trinajstić information content (AvgIpc) is 3.31. The molecule has 0 aromatic carbocycles. The zero-order valence-electron chi connectivity index (χ0n) is 27.0. The smallest absolute Gasteiger partial charge is 0.407 e. The molecule has 3 fully saturated rings. The molecule has 1 amide bonds. The van der Waals surface area contributed by atoms with Gasteiger partial charge in [0.1, 0.15) is 18.8 Å². The number of aliphatic hydroxyl groups excluding tert-OH is 3. The van der Waals surface area contributed by atoms with Crippen LogP contribution in [0.25, 0.3) is 0 Å². The largest absolute Gasteiger partial charge is 0.462 e. The van der Waals surface area contributed by atoms with E-state index in [-0.39, 0.29) is 24.7 Å². The number of carbonyl (C=O) groups excluding carboxylic acids is 2. The fourth-order valence-corrected chi connectivity index (χ4v) is 9.64. The highest BCUT2D eigenvalue weighted by Gasteiger charge is 2.59. The van der Waals surface area contributed by atoms with Gasteiger partial charge in [-0.15, -0.1) is 0 Å². The van der Waals surface area contributed by atoms with E-state index in [1.165, 1.54) is 50.5 Å². The zero-order chi connectivity index (χ0) is 31.5. The normalized spacial score (nSPS) is 35.7. The van der Waals surface area contributed by atoms with Crippen LogP contribution in [-0.2, 0) is 14.3 Å². The summed E-state index contributed by atoms with van der Waals surface area (Å²) in [4.78, 5) is 24.1. The molecule has 0 bridgehead atoms. The van der Waals surface area contributed by atoms with Crippen LogP contribution < -0.4 is 5.32 Å². The van der Waals surface area contributed by atoms with Crippen LogP contribution in [0.4, 0.5) is 4.79 Å². The van der Waals surface area contributed by atoms with Crippen LogP contribution in [0, 0.1) is 46.3 Å². The van der Waals surface area contributed by atoms with Gasteiger partial charge in [0.05, 0.1) is 6.54 Å². The molecule has 0 spiro atoms. The maximum atomic E-state index is 12.5. The minimum absolute atomic E-state index is 0.0382. The van der Waals surface area contributed by atoms with Crippen molar-refractivity contribution in [3.63, 3.8) is 0 Å². The van der Waals surface area contributed by atoms with Crippen molar-refractivity contribution >= 4 is 12.1 Å². The molecule has 9 heteroatoms. The summed E-state index contributed by atoms with van der Waals surface area (Å²) in [6.07, 6.45) is 8.46. The van der Waals surface area contributed by atoms with Gasteiger partial charge >= 0.3 is 12.1 Å². The minimum Gasteiger partial charge on any atom is -0.462 e. The van der Waals surface area contributed by atoms with Gasteiger partial charge < -0.3 is 35.2 Å². The number of allylic oxidation sites excluding steroid dienone is 1. The number of rotatable bonds is 12. The number of alkyl carbamates (subject to hydrolysis) is 1. The van der Waals surface area contributed by atoms with Crippen LogP contribution in [0.5, 0.6) is 0 Å². The SMILES string of the molecule is CC(C)CCC[C@@H](C)[C@H]1CCC2C3CC=C4C[C@@H](OC(=O)NCCOC(=O)[C@@H](O)[C@H](O)C(O)O)CCC4(C)C3CC[C@@]21C. The first kappa shape index (κ1) is 34.2. The van der Waals surface area contributed by atoms with Crippen LogP contribution >= 0.6 is 0 Å². The summed E-state index contributed by atoms with van der Waals surface area (Å²) in [7, 11) is 0. The number of hydrogen-bond donors (Lipinski definition) is 5. The topological polar surface area (TPSA) is 146 Å². The molecule has 43 heavy (non-hydrogen) atoms. The van der Waals surface area contributed by atoms with Crippen LogP contribution in [0.3, 0.4) is 0 Å². The number of esters is 1. The lowest BCUT2D eigenvalue weighted by atomic mass is 9.47. The Morgan fingerprint density at radius 3 is 2.44 bits per heavy atom. The molecular formula is C34H57NO8. The molecule has 0 heterocycles. The first-order valence-electron chi connectivity index (χ1n) is 16.8. The Morgan fingerprint density at radius 2 is 1.74 bits per heavy atom. The van der Waals surface area contributed by atoms with Crippen molar-refractivity contribution < 1.29 is 39.5 Å². The molecule has 10 atom stereocenters. The Balaban J connectivity index is 1.26. The van der Waals surface area contributed by atoms with Gasteiger partial charge in [-0.1, -0.05) is 65.5 Å². The Labute approximate surface area is 257 Å². The van der Waals surface area contributed by atoms with Gasteiger partial charge in [-0.3, -0.25) is 0 Å². The van der Waals surface area contributed by atoms with Gasteiger partial charge in [0, 0.05) is 6.42 Å². The highest BCUT2D eigenvalue weighted by Crippen LogP contribution is 2.67. The third-order valence-corrected chi connectivity index (χ3v) is 12.0. The molecule has 9 nitrogen and oxygen atoms in total. The molecule has 0 radical (unpaired) electrons. The van der Waals surface area contributed by atoms with Gasteiger partial charge in [-0.25, -0.2) is 9.59 Å². The highest BCUT2D eigenvalue weighted by molar-refractivity contribution is 5.75. The first-order chi connectivity index (χ1) is 20.3. The Hall–Kier alpha value is -1.68. The van der Waals surface area contributed by atoms with E-state index in [1.54, 1.807) is 0 Å². The highest BCUT2D eigenvalue weighted by atomic mass is 16.6. The number of aliphatic hydroxyl groups is 4. The molecular weight excluding hydrogens is 550 g/mol. The monoisotopic (exact) mass is 607 g/mol. The number of carbonyl (C=O) groups is 2. The number of nitrogens with one attached hydrogen (secondary N) is 1. The van der Waals surface area contributed by atoms with Gasteiger partial charge in [-0.05, 0) is 91.3 Å². The number of hydrogen-bond acceptors (Lipinski definition) is 8. The summed E-state index contributed by atoms with van der Waals surface area (Å²) in [5.41, 5.74) is 2.08. The standard InChI is InChI=1S/C34H57NO8/c1-20(2)7-6-8-21(3)25-11-12-26-24-10-9-22-19-23(13-15-33(22,4)27(24)14-16-34(25,26)5)43-32(41)35-17-18-42-31(40)29(37)28(36)30(38)39/h9,20-21,23-30,36-39H,6-8,10-19H2,1-5H3,(H,35,41)/t21-,23+,24?,25-,26?,27?,28+,29+,33?,34-/m1/s1. The third kappa shape index (κ3) is 7.42. The van der Waals surface area contributed by atoms with Crippen molar-refractivity contribution in [1.82, 2.24) is 5.32 Å². The summed E-state index contributed by atoms with van der Waals surface area (Å²) in [5.74, 6) is 3.50. The predicted molar refractivity (Wildman–Crippen MR) is 163 cm³/mol. The fourth-order valence-electron chi connectivity index (χ4n) is 9.64. The summed E-state index contributed by atoms with van der Waals surface area (Å²) in [5, 5.41) is 39.2. The average molecular weight is 608 g/mol. The number of ether oxygens (including phenoxy) is 2. The van der Waals surface area contributed by atoms with Gasteiger partial charge in [0.2, 0.25) is 0 Å². The van der Waals surface area contributed by atoms with Crippen molar-refractivity contribution in [1.29, 1.82) is 0 Å². The lowest BCUT2D eigenvalue weighted by molar-refractivity contribution is -0.184. The van der Waals surface area contributed by atoms with Crippen LogP contribution in [0.1, 0.15) is 105 Å².